The third-order valence-corrected chi connectivity index (χ3v) is 2.66. The van der Waals surface area contributed by atoms with Crippen LogP contribution in [0.15, 0.2) is 18.2 Å². The number of hydrogen-bond acceptors (Lipinski definition) is 4. The summed E-state index contributed by atoms with van der Waals surface area (Å²) >= 11 is 1.82. The zero-order valence-electron chi connectivity index (χ0n) is 9.16. The third-order valence-electron chi connectivity index (χ3n) is 1.97. The highest BCUT2D eigenvalue weighted by molar-refractivity contribution is 7.98. The fraction of sp³-hybridized carbons (Fsp3) is 0.455. The van der Waals surface area contributed by atoms with Crippen LogP contribution in [0.3, 0.4) is 0 Å². The maximum absolute atomic E-state index is 5.80. The van der Waals surface area contributed by atoms with Gasteiger partial charge in [0.1, 0.15) is 11.5 Å². The molecule has 0 fully saturated rings. The van der Waals surface area contributed by atoms with Gasteiger partial charge < -0.3 is 15.2 Å². The van der Waals surface area contributed by atoms with E-state index in [0.29, 0.717) is 12.3 Å². The first-order valence-corrected chi connectivity index (χ1v) is 6.22. The molecule has 3 nitrogen and oxygen atoms in total. The van der Waals surface area contributed by atoms with Gasteiger partial charge in [-0.3, -0.25) is 0 Å². The summed E-state index contributed by atoms with van der Waals surface area (Å²) in [5.74, 6) is 2.59. The zero-order chi connectivity index (χ0) is 11.1. The van der Waals surface area contributed by atoms with Crippen LogP contribution >= 0.6 is 11.8 Å². The summed E-state index contributed by atoms with van der Waals surface area (Å²) in [5.41, 5.74) is 6.43. The number of thioether (sulfide) groups is 1. The molecule has 4 heteroatoms. The van der Waals surface area contributed by atoms with Crippen molar-refractivity contribution in [3.05, 3.63) is 18.2 Å². The third kappa shape index (κ3) is 3.91. The van der Waals surface area contributed by atoms with Gasteiger partial charge in [-0.2, -0.15) is 11.8 Å². The van der Waals surface area contributed by atoms with Crippen molar-refractivity contribution in [2.24, 2.45) is 0 Å². The van der Waals surface area contributed by atoms with Gasteiger partial charge in [0, 0.05) is 6.07 Å². The molecule has 0 aliphatic carbocycles. The lowest BCUT2D eigenvalue weighted by atomic mass is 10.3. The van der Waals surface area contributed by atoms with Crippen LogP contribution in [0.25, 0.3) is 0 Å². The largest absolute Gasteiger partial charge is 0.497 e. The van der Waals surface area contributed by atoms with E-state index < -0.39 is 0 Å². The zero-order valence-corrected chi connectivity index (χ0v) is 9.97. The molecule has 0 unspecified atom stereocenters. The van der Waals surface area contributed by atoms with Gasteiger partial charge >= 0.3 is 0 Å². The molecule has 0 amide bonds. The Morgan fingerprint density at radius 2 is 2.20 bits per heavy atom. The van der Waals surface area contributed by atoms with Crippen LogP contribution in [-0.2, 0) is 0 Å². The Labute approximate surface area is 94.9 Å². The van der Waals surface area contributed by atoms with Crippen molar-refractivity contribution in [1.82, 2.24) is 0 Å². The Kier molecular flexibility index (Phi) is 5.18. The van der Waals surface area contributed by atoms with E-state index in [9.17, 15) is 0 Å². The number of nitrogens with two attached hydrogens (primary N) is 1. The molecule has 0 aliphatic heterocycles. The SMILES string of the molecule is COc1ccc(OCCCSC)c(N)c1. The summed E-state index contributed by atoms with van der Waals surface area (Å²) < 4.78 is 10.6. The number of benzene rings is 1. The van der Waals surface area contributed by atoms with Crippen molar-refractivity contribution in [2.45, 2.75) is 6.42 Å². The van der Waals surface area contributed by atoms with Crippen LogP contribution in [0.5, 0.6) is 11.5 Å². The monoisotopic (exact) mass is 227 g/mol. The first-order chi connectivity index (χ1) is 7.27. The average Bonchev–Trinajstić information content (AvgIpc) is 2.26. The van der Waals surface area contributed by atoms with Gasteiger partial charge in [-0.05, 0) is 30.6 Å². The topological polar surface area (TPSA) is 44.5 Å². The molecule has 0 saturated carbocycles. The molecular weight excluding hydrogens is 210 g/mol. The first-order valence-electron chi connectivity index (χ1n) is 4.83. The van der Waals surface area contributed by atoms with Gasteiger partial charge in [0.05, 0.1) is 19.4 Å². The number of hydrogen-bond donors (Lipinski definition) is 1. The maximum atomic E-state index is 5.80. The van der Waals surface area contributed by atoms with Crippen LogP contribution in [-0.4, -0.2) is 25.7 Å². The van der Waals surface area contributed by atoms with Gasteiger partial charge in [0.25, 0.3) is 0 Å². The van der Waals surface area contributed by atoms with Crippen LogP contribution in [0.4, 0.5) is 5.69 Å². The van der Waals surface area contributed by atoms with E-state index in [1.807, 2.05) is 23.9 Å². The van der Waals surface area contributed by atoms with E-state index in [1.54, 1.807) is 13.2 Å². The van der Waals surface area contributed by atoms with Crippen LogP contribution < -0.4 is 15.2 Å². The summed E-state index contributed by atoms with van der Waals surface area (Å²) in [4.78, 5) is 0. The van der Waals surface area contributed by atoms with E-state index >= 15 is 0 Å². The van der Waals surface area contributed by atoms with Crippen molar-refractivity contribution in [2.75, 3.05) is 31.5 Å². The molecule has 0 aromatic heterocycles. The standard InChI is InChI=1S/C11H17NO2S/c1-13-9-4-5-11(10(12)8-9)14-6-3-7-15-2/h4-5,8H,3,6-7,12H2,1-2H3. The quantitative estimate of drug-likeness (QED) is 0.598. The lowest BCUT2D eigenvalue weighted by molar-refractivity contribution is 0.319. The van der Waals surface area contributed by atoms with Crippen LogP contribution in [0, 0.1) is 0 Å². The highest BCUT2D eigenvalue weighted by Gasteiger charge is 2.01. The average molecular weight is 227 g/mol. The molecule has 1 rings (SSSR count). The van der Waals surface area contributed by atoms with Crippen molar-refractivity contribution in [1.29, 1.82) is 0 Å². The molecular formula is C11H17NO2S. The normalized spacial score (nSPS) is 10.0. The molecule has 0 radical (unpaired) electrons. The fourth-order valence-electron chi connectivity index (χ4n) is 1.17. The Morgan fingerprint density at radius 1 is 1.40 bits per heavy atom. The number of anilines is 1. The number of methoxy groups -OCH3 is 1. The number of rotatable bonds is 6. The van der Waals surface area contributed by atoms with E-state index in [0.717, 1.165) is 23.7 Å². The Morgan fingerprint density at radius 3 is 2.80 bits per heavy atom. The molecule has 2 N–H and O–H groups in total. The van der Waals surface area contributed by atoms with E-state index in [-0.39, 0.29) is 0 Å². The van der Waals surface area contributed by atoms with Crippen LogP contribution in [0.1, 0.15) is 6.42 Å². The molecule has 84 valence electrons. The van der Waals surface area contributed by atoms with Gasteiger partial charge in [-0.1, -0.05) is 0 Å². The highest BCUT2D eigenvalue weighted by atomic mass is 32.2. The fourth-order valence-corrected chi connectivity index (χ4v) is 1.58. The molecule has 1 aromatic rings. The minimum Gasteiger partial charge on any atom is -0.497 e. The lowest BCUT2D eigenvalue weighted by Gasteiger charge is -2.09. The number of nitrogen functional groups attached to an aromatic ring is 1. The first kappa shape index (κ1) is 12.0. The molecule has 0 heterocycles. The van der Waals surface area contributed by atoms with Gasteiger partial charge in [0.15, 0.2) is 0 Å². The van der Waals surface area contributed by atoms with Crippen molar-refractivity contribution in [3.8, 4) is 11.5 Å². The minimum atomic E-state index is 0.624. The predicted octanol–water partition coefficient (Wildman–Crippen LogP) is 2.41. The summed E-state index contributed by atoms with van der Waals surface area (Å²) in [6.07, 6.45) is 3.12. The second-order valence-electron chi connectivity index (χ2n) is 3.10. The second kappa shape index (κ2) is 6.45. The maximum Gasteiger partial charge on any atom is 0.142 e. The summed E-state index contributed by atoms with van der Waals surface area (Å²) in [6, 6.07) is 5.46. The Bertz CT molecular complexity index is 305. The van der Waals surface area contributed by atoms with E-state index in [4.69, 9.17) is 15.2 Å². The molecule has 0 spiro atoms. The molecule has 0 bridgehead atoms. The van der Waals surface area contributed by atoms with Crippen molar-refractivity contribution < 1.29 is 9.47 Å². The van der Waals surface area contributed by atoms with Crippen molar-refractivity contribution in [3.63, 3.8) is 0 Å². The van der Waals surface area contributed by atoms with Gasteiger partial charge in [-0.15, -0.1) is 0 Å². The smallest absolute Gasteiger partial charge is 0.142 e. The Hall–Kier alpha value is -1.03. The second-order valence-corrected chi connectivity index (χ2v) is 4.08. The predicted molar refractivity (Wildman–Crippen MR) is 65.9 cm³/mol. The van der Waals surface area contributed by atoms with Crippen LogP contribution in [0.2, 0.25) is 0 Å². The summed E-state index contributed by atoms with van der Waals surface area (Å²) in [7, 11) is 1.62. The van der Waals surface area contributed by atoms with E-state index in [1.165, 1.54) is 0 Å². The number of ether oxygens (including phenoxy) is 2. The van der Waals surface area contributed by atoms with E-state index in [2.05, 4.69) is 6.26 Å². The molecule has 15 heavy (non-hydrogen) atoms. The lowest BCUT2D eigenvalue weighted by Crippen LogP contribution is -2.01. The Balaban J connectivity index is 2.47. The molecule has 1 aromatic carbocycles. The molecule has 0 saturated heterocycles. The minimum absolute atomic E-state index is 0.624. The highest BCUT2D eigenvalue weighted by Crippen LogP contribution is 2.26. The van der Waals surface area contributed by atoms with Gasteiger partial charge in [0.2, 0.25) is 0 Å². The molecule has 0 atom stereocenters. The van der Waals surface area contributed by atoms with Gasteiger partial charge in [-0.25, -0.2) is 0 Å². The van der Waals surface area contributed by atoms with Crippen molar-refractivity contribution >= 4 is 17.4 Å². The summed E-state index contributed by atoms with van der Waals surface area (Å²) in [6.45, 7) is 0.706. The molecule has 0 aliphatic rings. The summed E-state index contributed by atoms with van der Waals surface area (Å²) in [5, 5.41) is 0.